The fraction of sp³-hybridized carbons (Fsp3) is 0.435. The number of unbranched alkanes of at least 4 members (excludes halogenated alkanes) is 2. The van der Waals surface area contributed by atoms with E-state index in [1.165, 1.54) is 5.56 Å². The predicted octanol–water partition coefficient (Wildman–Crippen LogP) is 1.83. The van der Waals surface area contributed by atoms with E-state index in [4.69, 9.17) is 0 Å². The molecule has 2 amide bonds. The van der Waals surface area contributed by atoms with Crippen LogP contribution in [0.3, 0.4) is 0 Å². The molecule has 0 fully saturated rings. The van der Waals surface area contributed by atoms with Crippen molar-refractivity contribution >= 4 is 33.2 Å². The van der Waals surface area contributed by atoms with Crippen LogP contribution in [0.4, 0.5) is 5.69 Å². The van der Waals surface area contributed by atoms with Crippen molar-refractivity contribution in [2.24, 2.45) is 0 Å². The Morgan fingerprint density at radius 1 is 1.17 bits per heavy atom. The maximum absolute atomic E-state index is 12.7. The van der Waals surface area contributed by atoms with Crippen molar-refractivity contribution in [2.45, 2.75) is 56.7 Å². The van der Waals surface area contributed by atoms with Crippen LogP contribution >= 0.6 is 0 Å². The summed E-state index contributed by atoms with van der Waals surface area (Å²) in [5.41, 5.74) is 3.41. The van der Waals surface area contributed by atoms with Gasteiger partial charge in [0, 0.05) is 42.9 Å². The molecule has 156 valence electrons. The molecule has 2 aromatic rings. The highest BCUT2D eigenvalue weighted by atomic mass is 16.2. The third-order valence-corrected chi connectivity index (χ3v) is 6.22. The number of fused-ring (bicyclic) bond motifs is 1. The lowest BCUT2D eigenvalue weighted by Gasteiger charge is -2.22. The average Bonchev–Trinajstić information content (AvgIpc) is 3.11. The Kier molecular flexibility index (Phi) is 7.72. The van der Waals surface area contributed by atoms with Crippen LogP contribution in [0.5, 0.6) is 0 Å². The number of rotatable bonds is 9. The number of carbonyl (C=O) groups is 2. The molecule has 1 N–H and O–H groups in total. The molecule has 30 heavy (non-hydrogen) atoms. The molecule has 1 aliphatic rings. The molecule has 0 spiro atoms. The molecular formula is C23H31B2N3O2. The second-order valence-corrected chi connectivity index (χ2v) is 8.41. The van der Waals surface area contributed by atoms with E-state index in [0.717, 1.165) is 36.9 Å². The van der Waals surface area contributed by atoms with Gasteiger partial charge in [0.2, 0.25) is 11.8 Å². The summed E-state index contributed by atoms with van der Waals surface area (Å²) >= 11 is 0. The number of pyridine rings is 1. The van der Waals surface area contributed by atoms with E-state index in [1.807, 2.05) is 49.3 Å². The summed E-state index contributed by atoms with van der Waals surface area (Å²) in [4.78, 5) is 31.2. The SMILES string of the molecule is B[C@H](C(=O)NCCCCCC(=O)N1c2ccccc2CC1C)[C@H](B)c1cccnc1. The van der Waals surface area contributed by atoms with E-state index in [1.54, 1.807) is 6.20 Å². The van der Waals surface area contributed by atoms with Crippen LogP contribution in [0.1, 0.15) is 49.6 Å². The normalized spacial score (nSPS) is 17.2. The summed E-state index contributed by atoms with van der Waals surface area (Å²) in [6.07, 6.45) is 7.73. The number of nitrogens with zero attached hydrogens (tertiary/aromatic N) is 2. The average molecular weight is 403 g/mol. The smallest absolute Gasteiger partial charge is 0.227 e. The van der Waals surface area contributed by atoms with Gasteiger partial charge >= 0.3 is 0 Å². The van der Waals surface area contributed by atoms with Crippen molar-refractivity contribution in [3.63, 3.8) is 0 Å². The maximum atomic E-state index is 12.7. The first-order valence-corrected chi connectivity index (χ1v) is 11.1. The van der Waals surface area contributed by atoms with Crippen molar-refractivity contribution < 1.29 is 9.59 Å². The molecular weight excluding hydrogens is 372 g/mol. The lowest BCUT2D eigenvalue weighted by molar-refractivity contribution is -0.121. The minimum Gasteiger partial charge on any atom is -0.356 e. The number of aromatic nitrogens is 1. The topological polar surface area (TPSA) is 62.3 Å². The number of carbonyl (C=O) groups excluding carboxylic acids is 2. The van der Waals surface area contributed by atoms with Gasteiger partial charge in [-0.1, -0.05) is 30.7 Å². The standard InChI is InChI=1S/C23H31B2N3O2/c1-16-14-17-8-4-5-10-19(17)28(16)20(29)11-3-2-6-13-27-23(30)22(25)21(24)18-9-7-12-26-15-18/h4-5,7-10,12,15-16,21-22H,2-3,6,11,13-14,24-25H2,1H3,(H,27,30)/t16?,21-,22+/m1/s1. The third kappa shape index (κ3) is 5.32. The number of amides is 2. The van der Waals surface area contributed by atoms with Gasteiger partial charge in [-0.3, -0.25) is 14.6 Å². The van der Waals surface area contributed by atoms with Crippen LogP contribution in [-0.4, -0.2) is 45.1 Å². The number of benzene rings is 1. The first-order chi connectivity index (χ1) is 14.5. The largest absolute Gasteiger partial charge is 0.356 e. The first kappa shape index (κ1) is 22.1. The van der Waals surface area contributed by atoms with Crippen molar-refractivity contribution in [1.82, 2.24) is 10.3 Å². The zero-order chi connectivity index (χ0) is 21.5. The number of hydrogen-bond acceptors (Lipinski definition) is 3. The van der Waals surface area contributed by atoms with Gasteiger partial charge in [-0.25, -0.2) is 0 Å². The number of anilines is 1. The Bertz CT molecular complexity index is 863. The van der Waals surface area contributed by atoms with Crippen LogP contribution in [0.25, 0.3) is 0 Å². The molecule has 3 rings (SSSR count). The second-order valence-electron chi connectivity index (χ2n) is 8.41. The highest BCUT2D eigenvalue weighted by Crippen LogP contribution is 2.32. The number of nitrogens with one attached hydrogen (secondary N) is 1. The second kappa shape index (κ2) is 10.5. The summed E-state index contributed by atoms with van der Waals surface area (Å²) in [6.45, 7) is 2.77. The lowest BCUT2D eigenvalue weighted by atomic mass is 9.63. The van der Waals surface area contributed by atoms with E-state index in [0.29, 0.717) is 13.0 Å². The molecule has 0 radical (unpaired) electrons. The zero-order valence-corrected chi connectivity index (χ0v) is 18.3. The highest BCUT2D eigenvalue weighted by molar-refractivity contribution is 6.30. The van der Waals surface area contributed by atoms with Crippen LogP contribution < -0.4 is 10.2 Å². The molecule has 7 heteroatoms. The molecule has 1 aromatic heterocycles. The fourth-order valence-corrected chi connectivity index (χ4v) is 4.18. The van der Waals surface area contributed by atoms with E-state index >= 15 is 0 Å². The van der Waals surface area contributed by atoms with Gasteiger partial charge in [0.25, 0.3) is 0 Å². The summed E-state index contributed by atoms with van der Waals surface area (Å²) in [5, 5.41) is 3.04. The summed E-state index contributed by atoms with van der Waals surface area (Å²) in [6, 6.07) is 12.3. The molecule has 1 aliphatic heterocycles. The van der Waals surface area contributed by atoms with Gasteiger partial charge in [-0.15, -0.1) is 0 Å². The Hall–Kier alpha value is -2.56. The minimum absolute atomic E-state index is 0.0740. The van der Waals surface area contributed by atoms with E-state index < -0.39 is 0 Å². The molecule has 0 bridgehead atoms. The maximum Gasteiger partial charge on any atom is 0.227 e. The zero-order valence-electron chi connectivity index (χ0n) is 18.3. The number of para-hydroxylation sites is 1. The monoisotopic (exact) mass is 403 g/mol. The molecule has 0 aliphatic carbocycles. The summed E-state index contributed by atoms with van der Waals surface area (Å²) in [7, 11) is 4.02. The van der Waals surface area contributed by atoms with E-state index in [2.05, 4.69) is 31.1 Å². The van der Waals surface area contributed by atoms with Crippen LogP contribution in [-0.2, 0) is 16.0 Å². The van der Waals surface area contributed by atoms with Gasteiger partial charge in [-0.2, -0.15) is 0 Å². The molecule has 3 atom stereocenters. The molecule has 0 saturated carbocycles. The fourth-order valence-electron chi connectivity index (χ4n) is 4.18. The summed E-state index contributed by atoms with van der Waals surface area (Å²) < 4.78 is 0. The van der Waals surface area contributed by atoms with Gasteiger partial charge in [0.15, 0.2) is 0 Å². The highest BCUT2D eigenvalue weighted by Gasteiger charge is 2.29. The van der Waals surface area contributed by atoms with Gasteiger partial charge in [0.1, 0.15) is 15.7 Å². The predicted molar refractivity (Wildman–Crippen MR) is 126 cm³/mol. The minimum atomic E-state index is -0.104. The Balaban J connectivity index is 1.35. The number of hydrogen-bond donors (Lipinski definition) is 1. The van der Waals surface area contributed by atoms with Gasteiger partial charge < -0.3 is 10.2 Å². The van der Waals surface area contributed by atoms with Gasteiger partial charge in [0.05, 0.1) is 0 Å². The summed E-state index contributed by atoms with van der Waals surface area (Å²) in [5.74, 6) is 0.300. The van der Waals surface area contributed by atoms with Crippen LogP contribution in [0.2, 0.25) is 5.82 Å². The van der Waals surface area contributed by atoms with Crippen molar-refractivity contribution in [3.8, 4) is 0 Å². The Morgan fingerprint density at radius 3 is 2.73 bits per heavy atom. The molecule has 2 heterocycles. The van der Waals surface area contributed by atoms with E-state index in [9.17, 15) is 9.59 Å². The lowest BCUT2D eigenvalue weighted by Crippen LogP contribution is -2.35. The van der Waals surface area contributed by atoms with Gasteiger partial charge in [-0.05, 0) is 55.3 Å². The molecule has 1 aromatic carbocycles. The molecule has 5 nitrogen and oxygen atoms in total. The molecule has 0 saturated heterocycles. The van der Waals surface area contributed by atoms with Crippen molar-refractivity contribution in [3.05, 3.63) is 59.9 Å². The van der Waals surface area contributed by atoms with Crippen LogP contribution in [0, 0.1) is 0 Å². The quantitative estimate of drug-likeness (QED) is 0.514. The Labute approximate surface area is 181 Å². The van der Waals surface area contributed by atoms with Crippen LogP contribution in [0.15, 0.2) is 48.8 Å². The first-order valence-electron chi connectivity index (χ1n) is 11.1. The Morgan fingerprint density at radius 2 is 1.97 bits per heavy atom. The van der Waals surface area contributed by atoms with Crippen molar-refractivity contribution in [2.75, 3.05) is 11.4 Å². The third-order valence-electron chi connectivity index (χ3n) is 6.22. The van der Waals surface area contributed by atoms with E-state index in [-0.39, 0.29) is 29.5 Å². The van der Waals surface area contributed by atoms with Crippen molar-refractivity contribution in [1.29, 1.82) is 0 Å². The molecule has 1 unspecified atom stereocenters.